The summed E-state index contributed by atoms with van der Waals surface area (Å²) in [6.45, 7) is 5.99. The van der Waals surface area contributed by atoms with Gasteiger partial charge in [0.05, 0.1) is 42.4 Å². The Morgan fingerprint density at radius 3 is 2.64 bits per heavy atom. The van der Waals surface area contributed by atoms with Crippen molar-refractivity contribution in [1.82, 2.24) is 19.8 Å². The van der Waals surface area contributed by atoms with Crippen LogP contribution in [0.15, 0.2) is 48.7 Å². The summed E-state index contributed by atoms with van der Waals surface area (Å²) in [6.07, 6.45) is 8.69. The average molecular weight is 572 g/mol. The Morgan fingerprint density at radius 2 is 1.86 bits per heavy atom. The molecule has 3 aromatic rings. The van der Waals surface area contributed by atoms with E-state index in [1.807, 2.05) is 12.1 Å². The number of rotatable bonds is 6. The molecule has 6 rings (SSSR count). The van der Waals surface area contributed by atoms with Gasteiger partial charge in [0.1, 0.15) is 29.4 Å². The number of piperidine rings is 1. The van der Waals surface area contributed by atoms with Crippen LogP contribution in [-0.4, -0.2) is 77.6 Å². The molecule has 218 valence electrons. The molecule has 3 saturated heterocycles. The first-order valence-corrected chi connectivity index (χ1v) is 14.6. The van der Waals surface area contributed by atoms with E-state index in [1.54, 1.807) is 23.2 Å². The van der Waals surface area contributed by atoms with E-state index in [0.717, 1.165) is 87.7 Å². The lowest BCUT2D eigenvalue weighted by Crippen LogP contribution is -2.49. The van der Waals surface area contributed by atoms with Crippen molar-refractivity contribution < 1.29 is 13.5 Å². The highest BCUT2D eigenvalue weighted by molar-refractivity contribution is 5.94. The monoisotopic (exact) mass is 571 g/mol. The third kappa shape index (κ3) is 5.94. The molecule has 2 aromatic carbocycles. The highest BCUT2D eigenvalue weighted by Crippen LogP contribution is 2.34. The lowest BCUT2D eigenvalue weighted by atomic mass is 10.00. The van der Waals surface area contributed by atoms with E-state index in [0.29, 0.717) is 30.4 Å². The Labute approximate surface area is 244 Å². The number of imidazole rings is 1. The minimum absolute atomic E-state index is 0.222. The van der Waals surface area contributed by atoms with Crippen LogP contribution in [0.25, 0.3) is 17.3 Å². The number of ether oxygens (including phenoxy) is 1. The molecule has 2 N–H and O–H groups in total. The van der Waals surface area contributed by atoms with Crippen molar-refractivity contribution in [3.8, 4) is 17.3 Å². The smallest absolute Gasteiger partial charge is 0.130 e. The number of morpholine rings is 1. The first-order valence-electron chi connectivity index (χ1n) is 14.6. The molecule has 0 amide bonds. The Kier molecular flexibility index (Phi) is 8.31. The van der Waals surface area contributed by atoms with Crippen molar-refractivity contribution >= 4 is 17.6 Å². The van der Waals surface area contributed by atoms with Gasteiger partial charge in [0.15, 0.2) is 0 Å². The topological polar surface area (TPSA) is 95.3 Å². The summed E-state index contributed by atoms with van der Waals surface area (Å²) in [5, 5.41) is 18.4. The maximum absolute atomic E-state index is 14.4. The number of halogens is 2. The zero-order chi connectivity index (χ0) is 29.1. The molecular weight excluding hydrogens is 536 g/mol. The Bertz CT molecular complexity index is 1500. The van der Waals surface area contributed by atoms with Gasteiger partial charge >= 0.3 is 0 Å². The zero-order valence-corrected chi connectivity index (χ0v) is 23.5. The van der Waals surface area contributed by atoms with Gasteiger partial charge in [-0.15, -0.1) is 0 Å². The van der Waals surface area contributed by atoms with Crippen LogP contribution in [-0.2, 0) is 4.74 Å². The quantitative estimate of drug-likeness (QED) is 0.306. The Morgan fingerprint density at radius 1 is 1.05 bits per heavy atom. The number of hydrogen-bond acceptors (Lipinski definition) is 6. The van der Waals surface area contributed by atoms with Gasteiger partial charge in [-0.2, -0.15) is 5.26 Å². The van der Waals surface area contributed by atoms with Crippen molar-refractivity contribution in [3.63, 3.8) is 0 Å². The highest BCUT2D eigenvalue weighted by atomic mass is 19.1. The standard InChI is InChI=1S/C32H35F2N7O/c33-24-5-6-27(34)26(19-24)29-2-1-11-41(29)31(36)7-8-32-37-21-28(38-32)22-3-4-23(20-35)30(18-22)40-12-9-25(10-13-40)39-14-16-42-17-15-39/h3-8,18-19,21,25,29,36H,1-2,9-17H2,(H,37,38)/b8-7-,36-31?. The van der Waals surface area contributed by atoms with E-state index in [9.17, 15) is 14.0 Å². The molecule has 1 atom stereocenters. The van der Waals surface area contributed by atoms with Gasteiger partial charge < -0.3 is 19.5 Å². The number of nitriles is 1. The van der Waals surface area contributed by atoms with Crippen LogP contribution < -0.4 is 4.90 Å². The number of likely N-dealkylation sites (tertiary alicyclic amines) is 1. The van der Waals surface area contributed by atoms with Crippen molar-refractivity contribution in [3.05, 3.63) is 77.3 Å². The number of H-pyrrole nitrogens is 1. The molecule has 1 aromatic heterocycles. The fourth-order valence-electron chi connectivity index (χ4n) is 6.44. The molecule has 0 aliphatic carbocycles. The first kappa shape index (κ1) is 28.1. The van der Waals surface area contributed by atoms with Gasteiger partial charge in [-0.1, -0.05) is 6.07 Å². The van der Waals surface area contributed by atoms with E-state index in [1.165, 1.54) is 6.07 Å². The predicted octanol–water partition coefficient (Wildman–Crippen LogP) is 5.36. The van der Waals surface area contributed by atoms with Crippen LogP contribution in [0, 0.1) is 28.4 Å². The Balaban J connectivity index is 1.13. The summed E-state index contributed by atoms with van der Waals surface area (Å²) < 4.78 is 33.8. The fraction of sp³-hybridized carbons (Fsp3) is 0.406. The SMILES string of the molecule is N#Cc1ccc(-c2cnc(/C=C\C(=N)N3CCCC3c3cc(F)ccc3F)[nH]2)cc1N1CCC(N2CCOCC2)CC1. The number of benzene rings is 2. The maximum Gasteiger partial charge on any atom is 0.130 e. The van der Waals surface area contributed by atoms with Gasteiger partial charge in [-0.05, 0) is 68.2 Å². The molecule has 3 fully saturated rings. The van der Waals surface area contributed by atoms with E-state index in [4.69, 9.17) is 10.1 Å². The van der Waals surface area contributed by atoms with Crippen molar-refractivity contribution in [2.75, 3.05) is 50.8 Å². The zero-order valence-electron chi connectivity index (χ0n) is 23.5. The molecule has 42 heavy (non-hydrogen) atoms. The minimum atomic E-state index is -0.480. The number of hydrogen-bond donors (Lipinski definition) is 2. The summed E-state index contributed by atoms with van der Waals surface area (Å²) in [5.41, 5.74) is 3.63. The molecular formula is C32H35F2N7O. The Hall–Kier alpha value is -4.07. The average Bonchev–Trinajstić information content (AvgIpc) is 3.72. The second kappa shape index (κ2) is 12.4. The number of anilines is 1. The van der Waals surface area contributed by atoms with Crippen LogP contribution in [0.3, 0.4) is 0 Å². The molecule has 4 heterocycles. The van der Waals surface area contributed by atoms with E-state index in [2.05, 4.69) is 31.9 Å². The summed E-state index contributed by atoms with van der Waals surface area (Å²) in [5.74, 6) is -0.129. The molecule has 8 nitrogen and oxygen atoms in total. The molecule has 1 unspecified atom stereocenters. The van der Waals surface area contributed by atoms with Crippen LogP contribution in [0.2, 0.25) is 0 Å². The first-order chi connectivity index (χ1) is 20.5. The van der Waals surface area contributed by atoms with Gasteiger partial charge in [0.2, 0.25) is 0 Å². The fourth-order valence-corrected chi connectivity index (χ4v) is 6.44. The number of nitrogens with one attached hydrogen (secondary N) is 2. The molecule has 0 radical (unpaired) electrons. The number of aromatic amines is 1. The van der Waals surface area contributed by atoms with Gasteiger partial charge in [-0.25, -0.2) is 13.8 Å². The summed E-state index contributed by atoms with van der Waals surface area (Å²) in [7, 11) is 0. The third-order valence-corrected chi connectivity index (χ3v) is 8.67. The normalized spacial score (nSPS) is 20.4. The van der Waals surface area contributed by atoms with E-state index < -0.39 is 11.6 Å². The van der Waals surface area contributed by atoms with Crippen LogP contribution in [0.1, 0.15) is 48.7 Å². The van der Waals surface area contributed by atoms with Crippen LogP contribution >= 0.6 is 0 Å². The minimum Gasteiger partial charge on any atom is -0.379 e. The van der Waals surface area contributed by atoms with Crippen LogP contribution in [0.4, 0.5) is 14.5 Å². The summed E-state index contributed by atoms with van der Waals surface area (Å²) in [4.78, 5) is 14.4. The van der Waals surface area contributed by atoms with Gasteiger partial charge in [0, 0.05) is 49.9 Å². The largest absolute Gasteiger partial charge is 0.379 e. The van der Waals surface area contributed by atoms with Gasteiger partial charge in [-0.3, -0.25) is 10.3 Å². The highest BCUT2D eigenvalue weighted by Gasteiger charge is 2.30. The van der Waals surface area contributed by atoms with Gasteiger partial charge in [0.25, 0.3) is 0 Å². The lowest BCUT2D eigenvalue weighted by molar-refractivity contribution is 0.0115. The van der Waals surface area contributed by atoms with E-state index >= 15 is 0 Å². The number of nitrogens with zero attached hydrogens (tertiary/aromatic N) is 5. The summed E-state index contributed by atoms with van der Waals surface area (Å²) in [6, 6.07) is 11.9. The summed E-state index contributed by atoms with van der Waals surface area (Å²) >= 11 is 0. The third-order valence-electron chi connectivity index (χ3n) is 8.67. The second-order valence-electron chi connectivity index (χ2n) is 11.1. The molecule has 0 spiro atoms. The molecule has 3 aliphatic rings. The van der Waals surface area contributed by atoms with Crippen molar-refractivity contribution in [2.24, 2.45) is 0 Å². The molecule has 0 saturated carbocycles. The molecule has 0 bridgehead atoms. The molecule has 3 aliphatic heterocycles. The van der Waals surface area contributed by atoms with Crippen LogP contribution in [0.5, 0.6) is 0 Å². The van der Waals surface area contributed by atoms with Crippen molar-refractivity contribution in [1.29, 1.82) is 10.7 Å². The number of aromatic nitrogens is 2. The lowest BCUT2D eigenvalue weighted by Gasteiger charge is -2.41. The number of amidine groups is 1. The maximum atomic E-state index is 14.4. The van der Waals surface area contributed by atoms with Crippen molar-refractivity contribution in [2.45, 2.75) is 37.8 Å². The second-order valence-corrected chi connectivity index (χ2v) is 11.1. The van der Waals surface area contributed by atoms with E-state index in [-0.39, 0.29) is 17.4 Å². The predicted molar refractivity (Wildman–Crippen MR) is 158 cm³/mol. The molecule has 10 heteroatoms.